The molecule has 2 unspecified atom stereocenters. The van der Waals surface area contributed by atoms with Crippen LogP contribution >= 0.6 is 0 Å². The fourth-order valence-electron chi connectivity index (χ4n) is 3.01. The predicted octanol–water partition coefficient (Wildman–Crippen LogP) is 1.82. The molecule has 98 valence electrons. The number of para-hydroxylation sites is 1. The van der Waals surface area contributed by atoms with Crippen molar-refractivity contribution in [1.82, 2.24) is 5.32 Å². The van der Waals surface area contributed by atoms with Gasteiger partial charge in [-0.1, -0.05) is 18.2 Å². The van der Waals surface area contributed by atoms with Gasteiger partial charge in [0, 0.05) is 30.9 Å². The van der Waals surface area contributed by atoms with Gasteiger partial charge in [-0.25, -0.2) is 0 Å². The van der Waals surface area contributed by atoms with Crippen molar-refractivity contribution >= 4 is 5.69 Å². The zero-order valence-electron chi connectivity index (χ0n) is 11.1. The highest BCUT2D eigenvalue weighted by molar-refractivity contribution is 5.56. The molecule has 2 aliphatic rings. The highest BCUT2D eigenvalue weighted by Gasteiger charge is 2.25. The predicted molar refractivity (Wildman–Crippen MR) is 74.2 cm³/mol. The normalized spacial score (nSPS) is 27.9. The first-order chi connectivity index (χ1) is 8.84. The van der Waals surface area contributed by atoms with Crippen molar-refractivity contribution in [2.75, 3.05) is 31.2 Å². The van der Waals surface area contributed by atoms with E-state index < -0.39 is 0 Å². The number of fused-ring (bicyclic) bond motifs is 1. The highest BCUT2D eigenvalue weighted by Crippen LogP contribution is 2.30. The molecule has 0 aromatic heterocycles. The summed E-state index contributed by atoms with van der Waals surface area (Å²) in [5.41, 5.74) is 2.91. The molecule has 2 atom stereocenters. The molecule has 3 rings (SSSR count). The fourth-order valence-corrected chi connectivity index (χ4v) is 3.01. The minimum atomic E-state index is 0.465. The Kier molecular flexibility index (Phi) is 3.52. The van der Waals surface area contributed by atoms with Gasteiger partial charge in [-0.15, -0.1) is 0 Å². The summed E-state index contributed by atoms with van der Waals surface area (Å²) in [6.45, 7) is 6.06. The van der Waals surface area contributed by atoms with E-state index in [-0.39, 0.29) is 0 Å². The van der Waals surface area contributed by atoms with Gasteiger partial charge < -0.3 is 15.0 Å². The van der Waals surface area contributed by atoms with Gasteiger partial charge in [-0.3, -0.25) is 0 Å². The zero-order valence-corrected chi connectivity index (χ0v) is 11.1. The van der Waals surface area contributed by atoms with Crippen molar-refractivity contribution in [3.63, 3.8) is 0 Å². The summed E-state index contributed by atoms with van der Waals surface area (Å²) in [4.78, 5) is 2.55. The van der Waals surface area contributed by atoms with Crippen LogP contribution in [0.3, 0.4) is 0 Å². The lowest BCUT2D eigenvalue weighted by Crippen LogP contribution is -2.51. The maximum atomic E-state index is 5.56. The Morgan fingerprint density at radius 2 is 2.28 bits per heavy atom. The maximum Gasteiger partial charge on any atom is 0.0637 e. The van der Waals surface area contributed by atoms with Crippen molar-refractivity contribution in [2.45, 2.75) is 31.8 Å². The molecule has 0 radical (unpaired) electrons. The second-order valence-corrected chi connectivity index (χ2v) is 5.39. The molecule has 3 nitrogen and oxygen atoms in total. The number of benzene rings is 1. The molecule has 2 aliphatic heterocycles. The van der Waals surface area contributed by atoms with E-state index in [0.29, 0.717) is 12.1 Å². The molecule has 0 amide bonds. The van der Waals surface area contributed by atoms with Crippen LogP contribution < -0.4 is 10.2 Å². The van der Waals surface area contributed by atoms with Crippen LogP contribution in [0, 0.1) is 0 Å². The van der Waals surface area contributed by atoms with E-state index in [0.717, 1.165) is 26.3 Å². The number of aryl methyl sites for hydroxylation is 1. The molecule has 1 aromatic rings. The smallest absolute Gasteiger partial charge is 0.0637 e. The molecule has 3 heteroatoms. The summed E-state index contributed by atoms with van der Waals surface area (Å²) < 4.78 is 5.56. The van der Waals surface area contributed by atoms with Crippen molar-refractivity contribution in [3.8, 4) is 0 Å². The summed E-state index contributed by atoms with van der Waals surface area (Å²) in [5, 5.41) is 3.55. The molecular formula is C15H22N2O. The number of nitrogens with one attached hydrogen (secondary N) is 1. The first-order valence-corrected chi connectivity index (χ1v) is 7.00. The Morgan fingerprint density at radius 3 is 3.11 bits per heavy atom. The molecule has 0 spiro atoms. The number of ether oxygens (including phenoxy) is 1. The van der Waals surface area contributed by atoms with Gasteiger partial charge in [-0.2, -0.15) is 0 Å². The van der Waals surface area contributed by atoms with Crippen molar-refractivity contribution in [1.29, 1.82) is 0 Å². The van der Waals surface area contributed by atoms with Gasteiger partial charge in [0.25, 0.3) is 0 Å². The fraction of sp³-hybridized carbons (Fsp3) is 0.600. The molecule has 0 saturated carbocycles. The van der Waals surface area contributed by atoms with Gasteiger partial charge in [-0.05, 0) is 31.4 Å². The van der Waals surface area contributed by atoms with Crippen LogP contribution in [0.15, 0.2) is 24.3 Å². The Labute approximate surface area is 109 Å². The second kappa shape index (κ2) is 5.29. The van der Waals surface area contributed by atoms with E-state index in [1.165, 1.54) is 24.1 Å². The van der Waals surface area contributed by atoms with E-state index in [1.807, 2.05) is 0 Å². The van der Waals surface area contributed by atoms with Crippen LogP contribution in [0.2, 0.25) is 0 Å². The van der Waals surface area contributed by atoms with Gasteiger partial charge in [0.1, 0.15) is 0 Å². The van der Waals surface area contributed by atoms with E-state index in [9.17, 15) is 0 Å². The standard InChI is InChI=1S/C15H22N2O/c1-12-6-7-13-4-2-3-5-15(13)17(12)10-14-11-18-9-8-16-14/h2-5,12,14,16H,6-11H2,1H3. The Hall–Kier alpha value is -1.06. The lowest BCUT2D eigenvalue weighted by atomic mass is 9.96. The summed E-state index contributed by atoms with van der Waals surface area (Å²) in [7, 11) is 0. The zero-order chi connectivity index (χ0) is 12.4. The van der Waals surface area contributed by atoms with Crippen LogP contribution in [-0.4, -0.2) is 38.4 Å². The average Bonchev–Trinajstić information content (AvgIpc) is 2.43. The van der Waals surface area contributed by atoms with Crippen LogP contribution in [0.4, 0.5) is 5.69 Å². The number of hydrogen-bond acceptors (Lipinski definition) is 3. The van der Waals surface area contributed by atoms with Crippen LogP contribution in [-0.2, 0) is 11.2 Å². The van der Waals surface area contributed by atoms with E-state index in [4.69, 9.17) is 4.74 Å². The average molecular weight is 246 g/mol. The summed E-state index contributed by atoms with van der Waals surface area (Å²) >= 11 is 0. The van der Waals surface area contributed by atoms with Crippen LogP contribution in [0.1, 0.15) is 18.9 Å². The third-order valence-corrected chi connectivity index (χ3v) is 4.08. The van der Waals surface area contributed by atoms with E-state index >= 15 is 0 Å². The number of morpholine rings is 1. The molecule has 2 heterocycles. The SMILES string of the molecule is CC1CCc2ccccc2N1CC1COCCN1. The van der Waals surface area contributed by atoms with Crippen molar-refractivity contribution < 1.29 is 4.74 Å². The topological polar surface area (TPSA) is 24.5 Å². The molecule has 0 bridgehead atoms. The van der Waals surface area contributed by atoms with Crippen LogP contribution in [0.25, 0.3) is 0 Å². The summed E-state index contributed by atoms with van der Waals surface area (Å²) in [6.07, 6.45) is 2.47. The van der Waals surface area contributed by atoms with Crippen LogP contribution in [0.5, 0.6) is 0 Å². The Balaban J connectivity index is 1.77. The number of anilines is 1. The number of rotatable bonds is 2. The quantitative estimate of drug-likeness (QED) is 0.861. The number of nitrogens with zero attached hydrogens (tertiary/aromatic N) is 1. The first-order valence-electron chi connectivity index (χ1n) is 7.00. The number of hydrogen-bond donors (Lipinski definition) is 1. The Morgan fingerprint density at radius 1 is 1.39 bits per heavy atom. The van der Waals surface area contributed by atoms with E-state index in [1.54, 1.807) is 0 Å². The molecule has 0 aliphatic carbocycles. The second-order valence-electron chi connectivity index (χ2n) is 5.39. The minimum Gasteiger partial charge on any atom is -0.378 e. The minimum absolute atomic E-state index is 0.465. The largest absolute Gasteiger partial charge is 0.378 e. The molecule has 18 heavy (non-hydrogen) atoms. The van der Waals surface area contributed by atoms with Crippen molar-refractivity contribution in [2.24, 2.45) is 0 Å². The maximum absolute atomic E-state index is 5.56. The highest BCUT2D eigenvalue weighted by atomic mass is 16.5. The molecule has 1 saturated heterocycles. The van der Waals surface area contributed by atoms with Crippen molar-refractivity contribution in [3.05, 3.63) is 29.8 Å². The molecule has 1 fully saturated rings. The van der Waals surface area contributed by atoms with Gasteiger partial charge in [0.15, 0.2) is 0 Å². The van der Waals surface area contributed by atoms with Gasteiger partial charge >= 0.3 is 0 Å². The Bertz CT molecular complexity index is 401. The monoisotopic (exact) mass is 246 g/mol. The lowest BCUT2D eigenvalue weighted by Gasteiger charge is -2.40. The third-order valence-electron chi connectivity index (χ3n) is 4.08. The lowest BCUT2D eigenvalue weighted by molar-refractivity contribution is 0.0781. The molecule has 1 N–H and O–H groups in total. The van der Waals surface area contributed by atoms with E-state index in [2.05, 4.69) is 41.4 Å². The van der Waals surface area contributed by atoms with Gasteiger partial charge in [0.2, 0.25) is 0 Å². The van der Waals surface area contributed by atoms with Gasteiger partial charge in [0.05, 0.1) is 13.2 Å². The summed E-state index contributed by atoms with van der Waals surface area (Å²) in [6, 6.07) is 9.91. The molecule has 1 aromatic carbocycles. The first kappa shape index (κ1) is 12.0. The summed E-state index contributed by atoms with van der Waals surface area (Å²) in [5.74, 6) is 0. The molecular weight excluding hydrogens is 224 g/mol. The third kappa shape index (κ3) is 2.38.